The Balaban J connectivity index is 1.44. The summed E-state index contributed by atoms with van der Waals surface area (Å²) in [5.74, 6) is -0.529. The average molecular weight is 451 g/mol. The van der Waals surface area contributed by atoms with Gasteiger partial charge < -0.3 is 9.47 Å². The molecule has 0 saturated carbocycles. The Morgan fingerprint density at radius 1 is 1.03 bits per heavy atom. The lowest BCUT2D eigenvalue weighted by Gasteiger charge is -2.18. The van der Waals surface area contributed by atoms with Gasteiger partial charge in [-0.05, 0) is 48.9 Å². The maximum Gasteiger partial charge on any atom is 0.269 e. The van der Waals surface area contributed by atoms with Crippen LogP contribution in [0.25, 0.3) is 0 Å². The number of nitrogens with one attached hydrogen (secondary N) is 2. The maximum atomic E-state index is 13.0. The number of benzene rings is 2. The first kappa shape index (κ1) is 22.5. The monoisotopic (exact) mass is 451 g/mol. The van der Waals surface area contributed by atoms with Crippen molar-refractivity contribution in [3.63, 3.8) is 0 Å². The van der Waals surface area contributed by atoms with Gasteiger partial charge in [0.05, 0.1) is 4.90 Å². The second-order valence-electron chi connectivity index (χ2n) is 6.74. The lowest BCUT2D eigenvalue weighted by molar-refractivity contribution is -0.122. The number of ether oxygens (including phenoxy) is 2. The lowest BCUT2D eigenvalue weighted by atomic mass is 10.2. The Labute approximate surface area is 179 Å². The van der Waals surface area contributed by atoms with Crippen LogP contribution >= 0.6 is 0 Å². The zero-order chi connectivity index (χ0) is 22.4. The molecule has 0 aromatic heterocycles. The van der Waals surface area contributed by atoms with Gasteiger partial charge in [0.15, 0.2) is 11.5 Å². The van der Waals surface area contributed by atoms with Crippen molar-refractivity contribution in [1.82, 2.24) is 15.2 Å². The van der Waals surface area contributed by atoms with Gasteiger partial charge >= 0.3 is 0 Å². The number of carbonyl (C=O) groups excluding carboxylic acids is 2. The molecule has 0 saturated heterocycles. The number of hydrogen-bond acceptors (Lipinski definition) is 6. The van der Waals surface area contributed by atoms with Crippen molar-refractivity contribution in [2.75, 3.05) is 26.8 Å². The van der Waals surface area contributed by atoms with Crippen LogP contribution in [0.3, 0.4) is 0 Å². The van der Waals surface area contributed by atoms with E-state index in [-0.39, 0.29) is 29.8 Å². The van der Waals surface area contributed by atoms with Gasteiger partial charge in [-0.3, -0.25) is 20.4 Å². The highest BCUT2D eigenvalue weighted by Crippen LogP contribution is 2.30. The highest BCUT2D eigenvalue weighted by atomic mass is 32.2. The number of hydrogen-bond donors (Lipinski definition) is 2. The Kier molecular flexibility index (Phi) is 7.08. The molecule has 31 heavy (non-hydrogen) atoms. The van der Waals surface area contributed by atoms with Crippen LogP contribution in [0.15, 0.2) is 47.4 Å². The third kappa shape index (κ3) is 5.70. The van der Waals surface area contributed by atoms with Gasteiger partial charge in [-0.15, -0.1) is 0 Å². The number of nitrogens with zero attached hydrogens (tertiary/aromatic N) is 1. The molecule has 1 heterocycles. The number of amides is 2. The fraction of sp³-hybridized carbons (Fsp3) is 0.300. The van der Waals surface area contributed by atoms with E-state index < -0.39 is 27.7 Å². The van der Waals surface area contributed by atoms with Crippen molar-refractivity contribution in [2.45, 2.75) is 17.7 Å². The van der Waals surface area contributed by atoms with Gasteiger partial charge in [-0.2, -0.15) is 0 Å². The third-order valence-corrected chi connectivity index (χ3v) is 6.39. The van der Waals surface area contributed by atoms with Crippen molar-refractivity contribution in [3.05, 3.63) is 53.8 Å². The molecule has 0 bridgehead atoms. The lowest BCUT2D eigenvalue weighted by Crippen LogP contribution is -2.41. The molecule has 11 heteroatoms. The topological polar surface area (TPSA) is 114 Å². The highest BCUT2D eigenvalue weighted by Gasteiger charge is 2.21. The zero-order valence-electron chi connectivity index (χ0n) is 16.8. The molecule has 0 unspecified atom stereocenters. The number of halogens is 1. The van der Waals surface area contributed by atoms with Crippen LogP contribution in [0.4, 0.5) is 4.39 Å². The first-order valence-corrected chi connectivity index (χ1v) is 10.9. The van der Waals surface area contributed by atoms with E-state index in [0.717, 1.165) is 16.4 Å². The average Bonchev–Trinajstić information content (AvgIpc) is 2.77. The second-order valence-corrected chi connectivity index (χ2v) is 8.79. The smallest absolute Gasteiger partial charge is 0.269 e. The number of rotatable bonds is 7. The number of hydrazine groups is 1. The Morgan fingerprint density at radius 2 is 1.71 bits per heavy atom. The fourth-order valence-electron chi connectivity index (χ4n) is 2.81. The van der Waals surface area contributed by atoms with Crippen molar-refractivity contribution < 1.29 is 31.9 Å². The first-order chi connectivity index (χ1) is 14.8. The van der Waals surface area contributed by atoms with Crippen molar-refractivity contribution in [2.24, 2.45) is 0 Å². The first-order valence-electron chi connectivity index (χ1n) is 9.48. The molecule has 0 radical (unpaired) electrons. The molecule has 0 spiro atoms. The molecule has 0 aliphatic carbocycles. The van der Waals surface area contributed by atoms with Crippen molar-refractivity contribution in [1.29, 1.82) is 0 Å². The van der Waals surface area contributed by atoms with Crippen molar-refractivity contribution >= 4 is 21.8 Å². The van der Waals surface area contributed by atoms with Gasteiger partial charge in [0.25, 0.3) is 5.91 Å². The highest BCUT2D eigenvalue weighted by molar-refractivity contribution is 7.89. The van der Waals surface area contributed by atoms with E-state index in [1.165, 1.54) is 25.2 Å². The molecule has 0 fully saturated rings. The van der Waals surface area contributed by atoms with Crippen molar-refractivity contribution in [3.8, 4) is 11.5 Å². The van der Waals surface area contributed by atoms with E-state index in [1.54, 1.807) is 12.1 Å². The molecule has 2 aromatic carbocycles. The summed E-state index contributed by atoms with van der Waals surface area (Å²) in [4.78, 5) is 24.1. The van der Waals surface area contributed by atoms with E-state index in [2.05, 4.69) is 10.9 Å². The predicted octanol–water partition coefficient (Wildman–Crippen LogP) is 1.46. The molecule has 9 nitrogen and oxygen atoms in total. The van der Waals surface area contributed by atoms with Crippen LogP contribution in [-0.2, 0) is 14.8 Å². The van der Waals surface area contributed by atoms with E-state index in [1.807, 2.05) is 0 Å². The summed E-state index contributed by atoms with van der Waals surface area (Å²) in [5.41, 5.74) is 4.88. The van der Waals surface area contributed by atoms with Crippen LogP contribution in [0.2, 0.25) is 0 Å². The molecule has 3 rings (SSSR count). The van der Waals surface area contributed by atoms with E-state index in [4.69, 9.17) is 9.47 Å². The molecule has 2 amide bonds. The summed E-state index contributed by atoms with van der Waals surface area (Å²) in [6, 6.07) is 9.18. The molecular weight excluding hydrogens is 429 g/mol. The number of carbonyl (C=O) groups is 2. The van der Waals surface area contributed by atoms with Gasteiger partial charge in [0.1, 0.15) is 19.0 Å². The Hall–Kier alpha value is -3.18. The minimum Gasteiger partial charge on any atom is -0.486 e. The van der Waals surface area contributed by atoms with Crippen LogP contribution < -0.4 is 20.3 Å². The summed E-state index contributed by atoms with van der Waals surface area (Å²) in [6.45, 7) is 0.901. The minimum atomic E-state index is -3.78. The maximum absolute atomic E-state index is 13.0. The SMILES string of the molecule is CN(CCCC(=O)NNC(=O)c1ccc2c(c1)OCCO2)S(=O)(=O)c1ccc(F)cc1. The summed E-state index contributed by atoms with van der Waals surface area (Å²) in [6.07, 6.45) is 0.216. The summed E-state index contributed by atoms with van der Waals surface area (Å²) in [7, 11) is -2.40. The van der Waals surface area contributed by atoms with Crippen LogP contribution in [-0.4, -0.2) is 51.3 Å². The largest absolute Gasteiger partial charge is 0.486 e. The fourth-order valence-corrected chi connectivity index (χ4v) is 4.02. The Morgan fingerprint density at radius 3 is 2.42 bits per heavy atom. The van der Waals surface area contributed by atoms with Gasteiger partial charge in [-0.1, -0.05) is 0 Å². The van der Waals surface area contributed by atoms with Crippen LogP contribution in [0.5, 0.6) is 11.5 Å². The Bertz CT molecular complexity index is 1060. The van der Waals surface area contributed by atoms with E-state index >= 15 is 0 Å². The van der Waals surface area contributed by atoms with E-state index in [0.29, 0.717) is 24.7 Å². The second kappa shape index (κ2) is 9.75. The molecule has 1 aliphatic rings. The molecular formula is C20H22FN3O6S. The molecule has 2 N–H and O–H groups in total. The summed E-state index contributed by atoms with van der Waals surface area (Å²) < 4.78 is 49.7. The molecule has 166 valence electrons. The van der Waals surface area contributed by atoms with Crippen LogP contribution in [0, 0.1) is 5.82 Å². The number of fused-ring (bicyclic) bond motifs is 1. The quantitative estimate of drug-likeness (QED) is 0.616. The number of sulfonamides is 1. The minimum absolute atomic E-state index is 0.00923. The molecule has 0 atom stereocenters. The summed E-state index contributed by atoms with van der Waals surface area (Å²) >= 11 is 0. The zero-order valence-corrected chi connectivity index (χ0v) is 17.6. The normalized spacial score (nSPS) is 13.0. The van der Waals surface area contributed by atoms with Gasteiger partial charge in [0, 0.05) is 25.6 Å². The standard InChI is InChI=1S/C20H22FN3O6S/c1-24(31(27,28)16-7-5-15(21)6-8-16)10-2-3-19(25)22-23-20(26)14-4-9-17-18(13-14)30-12-11-29-17/h4-9,13H,2-3,10-12H2,1H3,(H,22,25)(H,23,26). The predicted molar refractivity (Wildman–Crippen MR) is 108 cm³/mol. The van der Waals surface area contributed by atoms with E-state index in [9.17, 15) is 22.4 Å². The van der Waals surface area contributed by atoms with Crippen LogP contribution in [0.1, 0.15) is 23.2 Å². The molecule has 2 aromatic rings. The third-order valence-electron chi connectivity index (χ3n) is 4.52. The van der Waals surface area contributed by atoms with Gasteiger partial charge in [-0.25, -0.2) is 17.1 Å². The van der Waals surface area contributed by atoms with Gasteiger partial charge in [0.2, 0.25) is 15.9 Å². The molecule has 1 aliphatic heterocycles. The summed E-state index contributed by atoms with van der Waals surface area (Å²) in [5, 5.41) is 0.